The summed E-state index contributed by atoms with van der Waals surface area (Å²) in [6.07, 6.45) is 0. The molecule has 4 aromatic rings. The third-order valence-corrected chi connectivity index (χ3v) is 4.41. The maximum atomic E-state index is 10.0. The number of fused-ring (bicyclic) bond motifs is 2. The Morgan fingerprint density at radius 2 is 1.88 bits per heavy atom. The van der Waals surface area contributed by atoms with Gasteiger partial charge in [-0.3, -0.25) is 0 Å². The smallest absolute Gasteiger partial charge is 0.320 e. The van der Waals surface area contributed by atoms with Crippen molar-refractivity contribution in [3.63, 3.8) is 0 Å². The van der Waals surface area contributed by atoms with Gasteiger partial charge >= 0.3 is 6.92 Å². The van der Waals surface area contributed by atoms with E-state index < -0.39 is 6.92 Å². The molecule has 124 valence electrons. The fourth-order valence-electron chi connectivity index (χ4n) is 3.09. The second kappa shape index (κ2) is 5.56. The molecule has 0 aliphatic rings. The lowest BCUT2D eigenvalue weighted by Crippen LogP contribution is -2.26. The van der Waals surface area contributed by atoms with Crippen molar-refractivity contribution in [2.75, 3.05) is 5.73 Å². The number of benzene rings is 2. The predicted octanol–water partition coefficient (Wildman–Crippen LogP) is 2.46. The van der Waals surface area contributed by atoms with Gasteiger partial charge in [-0.25, -0.2) is 4.98 Å². The first-order valence-electron chi connectivity index (χ1n) is 8.06. The Kier molecular flexibility index (Phi) is 3.47. The third kappa shape index (κ3) is 2.53. The van der Waals surface area contributed by atoms with Gasteiger partial charge < -0.3 is 15.2 Å². The monoisotopic (exact) mass is 332 g/mol. The fraction of sp³-hybridized carbons (Fsp3) is 0.167. The van der Waals surface area contributed by atoms with Gasteiger partial charge in [-0.2, -0.15) is 5.10 Å². The molecular weight excluding hydrogens is 315 g/mol. The van der Waals surface area contributed by atoms with E-state index in [1.54, 1.807) is 6.82 Å². The fourth-order valence-corrected chi connectivity index (χ4v) is 3.09. The average molecular weight is 332 g/mol. The van der Waals surface area contributed by atoms with E-state index in [-0.39, 0.29) is 0 Å². The summed E-state index contributed by atoms with van der Waals surface area (Å²) in [7, 11) is 0. The van der Waals surface area contributed by atoms with E-state index in [1.807, 2.05) is 44.2 Å². The Balaban J connectivity index is 2.03. The van der Waals surface area contributed by atoms with E-state index in [0.717, 1.165) is 38.6 Å². The molecule has 2 aromatic carbocycles. The van der Waals surface area contributed by atoms with E-state index in [4.69, 9.17) is 10.2 Å². The van der Waals surface area contributed by atoms with Crippen molar-refractivity contribution >= 4 is 40.1 Å². The molecule has 0 unspecified atom stereocenters. The van der Waals surface area contributed by atoms with E-state index in [9.17, 15) is 5.02 Å². The highest BCUT2D eigenvalue weighted by Crippen LogP contribution is 2.32. The summed E-state index contributed by atoms with van der Waals surface area (Å²) in [4.78, 5) is 4.51. The minimum Gasteiger partial charge on any atom is -0.446 e. The van der Waals surface area contributed by atoms with Crippen LogP contribution >= 0.6 is 0 Å². The molecule has 0 fully saturated rings. The molecule has 0 spiro atoms. The van der Waals surface area contributed by atoms with Crippen molar-refractivity contribution in [2.24, 2.45) is 0 Å². The SMILES string of the molecule is CB(O)c1cc(-c2ccc3c(N)nnc(C)c3c2)c2nc(C)oc2c1. The zero-order valence-corrected chi connectivity index (χ0v) is 14.2. The van der Waals surface area contributed by atoms with Crippen molar-refractivity contribution in [1.29, 1.82) is 0 Å². The highest BCUT2D eigenvalue weighted by Gasteiger charge is 2.17. The maximum absolute atomic E-state index is 10.0. The molecule has 0 saturated carbocycles. The molecule has 0 aliphatic carbocycles. The van der Waals surface area contributed by atoms with Crippen LogP contribution in [0.3, 0.4) is 0 Å². The topological polar surface area (TPSA) is 98.1 Å². The van der Waals surface area contributed by atoms with E-state index >= 15 is 0 Å². The average Bonchev–Trinajstić information content (AvgIpc) is 2.97. The Hall–Kier alpha value is -2.93. The van der Waals surface area contributed by atoms with Gasteiger partial charge in [0.1, 0.15) is 5.52 Å². The van der Waals surface area contributed by atoms with Gasteiger partial charge in [0, 0.05) is 23.3 Å². The molecule has 7 heteroatoms. The van der Waals surface area contributed by atoms with Crippen LogP contribution < -0.4 is 11.2 Å². The molecule has 0 atom stereocenters. The number of aromatic nitrogens is 3. The summed E-state index contributed by atoms with van der Waals surface area (Å²) in [6.45, 7) is 4.85. The predicted molar refractivity (Wildman–Crippen MR) is 99.9 cm³/mol. The molecule has 0 radical (unpaired) electrons. The lowest BCUT2D eigenvalue weighted by atomic mass is 9.64. The second-order valence-electron chi connectivity index (χ2n) is 6.26. The summed E-state index contributed by atoms with van der Waals surface area (Å²) >= 11 is 0. The first-order valence-corrected chi connectivity index (χ1v) is 8.06. The zero-order chi connectivity index (χ0) is 17.7. The number of oxazole rings is 1. The van der Waals surface area contributed by atoms with Crippen LogP contribution in [0.5, 0.6) is 0 Å². The Morgan fingerprint density at radius 3 is 2.64 bits per heavy atom. The minimum absolute atomic E-state index is 0.410. The largest absolute Gasteiger partial charge is 0.446 e. The van der Waals surface area contributed by atoms with Gasteiger partial charge in [0.25, 0.3) is 0 Å². The maximum Gasteiger partial charge on any atom is 0.320 e. The van der Waals surface area contributed by atoms with Crippen LogP contribution in [0.25, 0.3) is 33.0 Å². The standard InChI is InChI=1S/C18H17BN4O2/c1-9-14-6-11(4-5-13(14)18(20)23-22-9)15-7-12(19(3)24)8-16-17(15)21-10(2)25-16/h4-8,24H,1-3H3,(H2,20,23). The molecule has 2 aromatic heterocycles. The molecule has 0 amide bonds. The normalized spacial score (nSPS) is 11.4. The zero-order valence-electron chi connectivity index (χ0n) is 14.2. The van der Waals surface area contributed by atoms with Crippen LogP contribution in [0.2, 0.25) is 6.82 Å². The number of aryl methyl sites for hydroxylation is 2. The Morgan fingerprint density at radius 1 is 1.08 bits per heavy atom. The summed E-state index contributed by atoms with van der Waals surface area (Å²) < 4.78 is 5.69. The van der Waals surface area contributed by atoms with Gasteiger partial charge in [-0.1, -0.05) is 19.0 Å². The summed E-state index contributed by atoms with van der Waals surface area (Å²) in [5, 5.41) is 19.9. The van der Waals surface area contributed by atoms with E-state index in [2.05, 4.69) is 15.2 Å². The third-order valence-electron chi connectivity index (χ3n) is 4.41. The van der Waals surface area contributed by atoms with Gasteiger partial charge in [-0.05, 0) is 36.1 Å². The first-order chi connectivity index (χ1) is 11.9. The minimum atomic E-state index is -0.600. The van der Waals surface area contributed by atoms with Gasteiger partial charge in [0.15, 0.2) is 17.3 Å². The lowest BCUT2D eigenvalue weighted by molar-refractivity contribution is 0.560. The van der Waals surface area contributed by atoms with E-state index in [0.29, 0.717) is 17.3 Å². The van der Waals surface area contributed by atoms with Crippen LogP contribution in [0.15, 0.2) is 34.7 Å². The van der Waals surface area contributed by atoms with Gasteiger partial charge in [-0.15, -0.1) is 5.10 Å². The first kappa shape index (κ1) is 15.6. The number of hydrogen-bond donors (Lipinski definition) is 2. The summed E-state index contributed by atoms with van der Waals surface area (Å²) in [5.74, 6) is 0.999. The van der Waals surface area contributed by atoms with Crippen molar-refractivity contribution in [3.05, 3.63) is 41.9 Å². The molecule has 4 rings (SSSR count). The quantitative estimate of drug-likeness (QED) is 0.547. The molecule has 25 heavy (non-hydrogen) atoms. The van der Waals surface area contributed by atoms with Crippen LogP contribution in [-0.4, -0.2) is 27.1 Å². The van der Waals surface area contributed by atoms with Crippen molar-refractivity contribution in [3.8, 4) is 11.1 Å². The number of nitrogens with zero attached hydrogens (tertiary/aromatic N) is 3. The molecule has 2 heterocycles. The van der Waals surface area contributed by atoms with Crippen LogP contribution in [-0.2, 0) is 0 Å². The Labute approximate surface area is 144 Å². The summed E-state index contributed by atoms with van der Waals surface area (Å²) in [6, 6.07) is 9.73. The van der Waals surface area contributed by atoms with Gasteiger partial charge in [0.05, 0.1) is 5.69 Å². The highest BCUT2D eigenvalue weighted by molar-refractivity contribution is 6.65. The molecule has 0 aliphatic heterocycles. The van der Waals surface area contributed by atoms with E-state index in [1.165, 1.54) is 0 Å². The van der Waals surface area contributed by atoms with Crippen LogP contribution in [0, 0.1) is 13.8 Å². The number of anilines is 1. The lowest BCUT2D eigenvalue weighted by Gasteiger charge is -2.09. The summed E-state index contributed by atoms with van der Waals surface area (Å²) in [5.41, 5.74) is 10.8. The van der Waals surface area contributed by atoms with Crippen molar-refractivity contribution < 1.29 is 9.44 Å². The molecule has 3 N–H and O–H groups in total. The van der Waals surface area contributed by atoms with Gasteiger partial charge in [0.2, 0.25) is 0 Å². The number of nitrogens with two attached hydrogens (primary N) is 1. The molecular formula is C18H17BN4O2. The van der Waals surface area contributed by atoms with Crippen molar-refractivity contribution in [2.45, 2.75) is 20.7 Å². The highest BCUT2D eigenvalue weighted by atomic mass is 16.3. The van der Waals surface area contributed by atoms with Crippen molar-refractivity contribution in [1.82, 2.24) is 15.2 Å². The molecule has 0 bridgehead atoms. The Bertz CT molecular complexity index is 1120. The van der Waals surface area contributed by atoms with Crippen LogP contribution in [0.4, 0.5) is 5.82 Å². The number of rotatable bonds is 2. The van der Waals surface area contributed by atoms with Crippen LogP contribution in [0.1, 0.15) is 11.6 Å². The second-order valence-corrected chi connectivity index (χ2v) is 6.26. The number of hydrogen-bond acceptors (Lipinski definition) is 6. The molecule has 0 saturated heterocycles. The number of nitrogen functional groups attached to an aromatic ring is 1. The molecule has 6 nitrogen and oxygen atoms in total.